The lowest BCUT2D eigenvalue weighted by Crippen LogP contribution is -2.38. The quantitative estimate of drug-likeness (QED) is 0.585. The van der Waals surface area contributed by atoms with E-state index in [0.29, 0.717) is 23.0 Å². The Balaban J connectivity index is 1.39. The highest BCUT2D eigenvalue weighted by Gasteiger charge is 2.23. The molecule has 5 nitrogen and oxygen atoms in total. The molecule has 0 spiro atoms. The van der Waals surface area contributed by atoms with Crippen LogP contribution in [0.3, 0.4) is 0 Å². The summed E-state index contributed by atoms with van der Waals surface area (Å²) < 4.78 is 0. The summed E-state index contributed by atoms with van der Waals surface area (Å²) in [5.74, 6) is -0.212. The van der Waals surface area contributed by atoms with Crippen molar-refractivity contribution in [2.75, 3.05) is 12.4 Å². The van der Waals surface area contributed by atoms with Crippen LogP contribution in [0, 0.1) is 0 Å². The first-order valence-electron chi connectivity index (χ1n) is 9.78. The van der Waals surface area contributed by atoms with Crippen molar-refractivity contribution in [3.8, 4) is 10.6 Å². The number of amides is 2. The molecule has 1 fully saturated rings. The minimum Gasteiger partial charge on any atom is -0.339 e. The zero-order valence-electron chi connectivity index (χ0n) is 16.3. The molecule has 1 aliphatic carbocycles. The van der Waals surface area contributed by atoms with E-state index in [1.54, 1.807) is 41.0 Å². The number of thiophene rings is 1. The Bertz CT molecular complexity index is 974. The number of carbonyl (C=O) groups is 2. The van der Waals surface area contributed by atoms with Gasteiger partial charge in [-0.05, 0) is 48.6 Å². The van der Waals surface area contributed by atoms with E-state index in [-0.39, 0.29) is 11.8 Å². The molecule has 29 heavy (non-hydrogen) atoms. The van der Waals surface area contributed by atoms with Crippen LogP contribution in [0.25, 0.3) is 10.6 Å². The predicted octanol–water partition coefficient (Wildman–Crippen LogP) is 5.53. The van der Waals surface area contributed by atoms with Gasteiger partial charge < -0.3 is 10.2 Å². The predicted molar refractivity (Wildman–Crippen MR) is 119 cm³/mol. The van der Waals surface area contributed by atoms with Gasteiger partial charge in [-0.25, -0.2) is 4.98 Å². The third-order valence-electron chi connectivity index (χ3n) is 5.34. The van der Waals surface area contributed by atoms with Gasteiger partial charge in [-0.2, -0.15) is 11.3 Å². The summed E-state index contributed by atoms with van der Waals surface area (Å²) in [5, 5.41) is 9.46. The van der Waals surface area contributed by atoms with Crippen LogP contribution >= 0.6 is 22.7 Å². The van der Waals surface area contributed by atoms with Gasteiger partial charge >= 0.3 is 0 Å². The summed E-state index contributed by atoms with van der Waals surface area (Å²) in [6.07, 6.45) is 5.81. The van der Waals surface area contributed by atoms with E-state index in [1.165, 1.54) is 30.6 Å². The Morgan fingerprint density at radius 2 is 1.83 bits per heavy atom. The first-order chi connectivity index (χ1) is 14.1. The molecule has 3 aromatic rings. The van der Waals surface area contributed by atoms with Crippen LogP contribution in [-0.4, -0.2) is 34.8 Å². The summed E-state index contributed by atoms with van der Waals surface area (Å²) in [5.41, 5.74) is 2.72. The lowest BCUT2D eigenvalue weighted by Gasteiger charge is -2.31. The second-order valence-corrected chi connectivity index (χ2v) is 8.93. The summed E-state index contributed by atoms with van der Waals surface area (Å²) in [6, 6.07) is 9.41. The van der Waals surface area contributed by atoms with E-state index in [4.69, 9.17) is 0 Å². The fourth-order valence-electron chi connectivity index (χ4n) is 3.63. The average Bonchev–Trinajstić information content (AvgIpc) is 3.46. The zero-order valence-corrected chi connectivity index (χ0v) is 17.9. The molecule has 7 heteroatoms. The summed E-state index contributed by atoms with van der Waals surface area (Å²) in [4.78, 5) is 31.5. The molecule has 4 rings (SSSR count). The third kappa shape index (κ3) is 4.57. The van der Waals surface area contributed by atoms with Crippen molar-refractivity contribution < 1.29 is 9.59 Å². The highest BCUT2D eigenvalue weighted by atomic mass is 32.1. The molecule has 1 aromatic carbocycles. The maximum Gasteiger partial charge on any atom is 0.275 e. The molecule has 0 radical (unpaired) electrons. The van der Waals surface area contributed by atoms with Gasteiger partial charge in [0.2, 0.25) is 0 Å². The van der Waals surface area contributed by atoms with E-state index in [9.17, 15) is 9.59 Å². The maximum absolute atomic E-state index is 12.7. The molecule has 0 bridgehead atoms. The van der Waals surface area contributed by atoms with Gasteiger partial charge in [-0.3, -0.25) is 9.59 Å². The lowest BCUT2D eigenvalue weighted by atomic mass is 9.94. The molecule has 2 heterocycles. The molecule has 1 saturated carbocycles. The number of hydrogen-bond acceptors (Lipinski definition) is 5. The van der Waals surface area contributed by atoms with Crippen LogP contribution in [0.15, 0.2) is 46.5 Å². The molecule has 0 aliphatic heterocycles. The number of aromatic nitrogens is 1. The van der Waals surface area contributed by atoms with Gasteiger partial charge in [-0.1, -0.05) is 19.3 Å². The third-order valence-corrected chi connectivity index (χ3v) is 6.91. The standard InChI is InChI=1S/C22H23N3O2S2/c1-25(18-5-3-2-4-6-18)22(27)15-7-9-17(10-8-15)23-20(26)19-14-29-21(24-19)16-11-12-28-13-16/h7-14,18H,2-6H2,1H3,(H,23,26). The lowest BCUT2D eigenvalue weighted by molar-refractivity contribution is 0.0696. The van der Waals surface area contributed by atoms with E-state index in [2.05, 4.69) is 10.3 Å². The monoisotopic (exact) mass is 425 g/mol. The number of hydrogen-bond donors (Lipinski definition) is 1. The Kier molecular flexibility index (Phi) is 6.06. The molecule has 0 atom stereocenters. The van der Waals surface area contributed by atoms with Crippen molar-refractivity contribution in [2.45, 2.75) is 38.1 Å². The van der Waals surface area contributed by atoms with E-state index in [0.717, 1.165) is 23.4 Å². The minimum atomic E-state index is -0.249. The number of carbonyl (C=O) groups excluding carboxylic acids is 2. The van der Waals surface area contributed by atoms with Crippen molar-refractivity contribution in [3.05, 3.63) is 57.7 Å². The number of anilines is 1. The molecule has 0 saturated heterocycles. The zero-order chi connectivity index (χ0) is 20.2. The molecular weight excluding hydrogens is 402 g/mol. The van der Waals surface area contributed by atoms with Crippen molar-refractivity contribution in [1.29, 1.82) is 0 Å². The van der Waals surface area contributed by atoms with Crippen LogP contribution in [0.1, 0.15) is 53.0 Å². The Morgan fingerprint density at radius 1 is 1.07 bits per heavy atom. The molecule has 0 unspecified atom stereocenters. The normalized spacial score (nSPS) is 14.5. The fourth-order valence-corrected chi connectivity index (χ4v) is 5.14. The number of nitrogens with zero attached hydrogens (tertiary/aromatic N) is 2. The van der Waals surface area contributed by atoms with Crippen LogP contribution in [0.4, 0.5) is 5.69 Å². The van der Waals surface area contributed by atoms with E-state index in [1.807, 2.05) is 28.8 Å². The first-order valence-corrected chi connectivity index (χ1v) is 11.6. The molecular formula is C22H23N3O2S2. The average molecular weight is 426 g/mol. The van der Waals surface area contributed by atoms with Crippen molar-refractivity contribution >= 4 is 40.2 Å². The summed E-state index contributed by atoms with van der Waals surface area (Å²) >= 11 is 3.06. The second kappa shape index (κ2) is 8.88. The van der Waals surface area contributed by atoms with Gasteiger partial charge in [0.15, 0.2) is 0 Å². The molecule has 2 aromatic heterocycles. The molecule has 150 valence electrons. The molecule has 1 aliphatic rings. The Morgan fingerprint density at radius 3 is 2.52 bits per heavy atom. The Hall–Kier alpha value is -2.51. The van der Waals surface area contributed by atoms with Gasteiger partial charge in [0, 0.05) is 40.7 Å². The molecule has 1 N–H and O–H groups in total. The van der Waals surface area contributed by atoms with Crippen LogP contribution in [-0.2, 0) is 0 Å². The van der Waals surface area contributed by atoms with Crippen LogP contribution < -0.4 is 5.32 Å². The first kappa shape index (κ1) is 19.8. The highest BCUT2D eigenvalue weighted by Crippen LogP contribution is 2.26. The fraction of sp³-hybridized carbons (Fsp3) is 0.318. The van der Waals surface area contributed by atoms with Crippen LogP contribution in [0.2, 0.25) is 0 Å². The number of thiazole rings is 1. The minimum absolute atomic E-state index is 0.0367. The van der Waals surface area contributed by atoms with Gasteiger partial charge in [-0.15, -0.1) is 11.3 Å². The van der Waals surface area contributed by atoms with Gasteiger partial charge in [0.25, 0.3) is 11.8 Å². The van der Waals surface area contributed by atoms with Crippen molar-refractivity contribution in [3.63, 3.8) is 0 Å². The molecule has 2 amide bonds. The maximum atomic E-state index is 12.7. The Labute approximate surface area is 178 Å². The SMILES string of the molecule is CN(C(=O)c1ccc(NC(=O)c2csc(-c3ccsc3)n2)cc1)C1CCCCC1. The summed E-state index contributed by atoms with van der Waals surface area (Å²) in [6.45, 7) is 0. The van der Waals surface area contributed by atoms with Crippen LogP contribution in [0.5, 0.6) is 0 Å². The van der Waals surface area contributed by atoms with Crippen molar-refractivity contribution in [1.82, 2.24) is 9.88 Å². The second-order valence-electron chi connectivity index (χ2n) is 7.29. The number of nitrogens with one attached hydrogen (secondary N) is 1. The largest absolute Gasteiger partial charge is 0.339 e. The van der Waals surface area contributed by atoms with Crippen molar-refractivity contribution in [2.24, 2.45) is 0 Å². The smallest absolute Gasteiger partial charge is 0.275 e. The summed E-state index contributed by atoms with van der Waals surface area (Å²) in [7, 11) is 1.89. The number of rotatable bonds is 5. The topological polar surface area (TPSA) is 62.3 Å². The van der Waals surface area contributed by atoms with E-state index >= 15 is 0 Å². The highest BCUT2D eigenvalue weighted by molar-refractivity contribution is 7.14. The van der Waals surface area contributed by atoms with Gasteiger partial charge in [0.05, 0.1) is 0 Å². The number of benzene rings is 1. The van der Waals surface area contributed by atoms with E-state index < -0.39 is 0 Å². The van der Waals surface area contributed by atoms with Gasteiger partial charge in [0.1, 0.15) is 10.7 Å².